The van der Waals surface area contributed by atoms with Crippen LogP contribution in [-0.2, 0) is 16.0 Å². The molecule has 1 aromatic rings. The Morgan fingerprint density at radius 2 is 2.00 bits per heavy atom. The van der Waals surface area contributed by atoms with Crippen molar-refractivity contribution >= 4 is 11.8 Å². The highest BCUT2D eigenvalue weighted by Crippen LogP contribution is 2.12. The largest absolute Gasteiger partial charge is 0.337 e. The Hall–Kier alpha value is -1.91. The molecule has 2 rings (SSSR count). The molecule has 1 aromatic carbocycles. The molecule has 0 unspecified atom stereocenters. The predicted molar refractivity (Wildman–Crippen MR) is 73.5 cm³/mol. The molecule has 0 saturated carbocycles. The van der Waals surface area contributed by atoms with Crippen LogP contribution in [0.5, 0.6) is 0 Å². The van der Waals surface area contributed by atoms with Gasteiger partial charge in [-0.05, 0) is 25.5 Å². The van der Waals surface area contributed by atoms with Gasteiger partial charge in [0.2, 0.25) is 11.8 Å². The Morgan fingerprint density at radius 1 is 1.30 bits per heavy atom. The summed E-state index contributed by atoms with van der Waals surface area (Å²) >= 11 is 0. The molecule has 1 fully saturated rings. The minimum atomic E-state index is -0.381. The van der Waals surface area contributed by atoms with Crippen molar-refractivity contribution in [1.82, 2.24) is 9.80 Å². The van der Waals surface area contributed by atoms with Gasteiger partial charge in [0.15, 0.2) is 0 Å². The minimum absolute atomic E-state index is 0.00162. The van der Waals surface area contributed by atoms with E-state index in [1.807, 2.05) is 13.8 Å². The lowest BCUT2D eigenvalue weighted by Gasteiger charge is -2.36. The smallest absolute Gasteiger partial charge is 0.242 e. The fourth-order valence-corrected chi connectivity index (χ4v) is 2.36. The number of nitrogens with zero attached hydrogens (tertiary/aromatic N) is 2. The highest BCUT2D eigenvalue weighted by atomic mass is 19.1. The summed E-state index contributed by atoms with van der Waals surface area (Å²) in [4.78, 5) is 27.3. The van der Waals surface area contributed by atoms with E-state index in [2.05, 4.69) is 0 Å². The quantitative estimate of drug-likeness (QED) is 0.839. The fourth-order valence-electron chi connectivity index (χ4n) is 2.36. The van der Waals surface area contributed by atoms with Crippen molar-refractivity contribution in [2.75, 3.05) is 19.6 Å². The van der Waals surface area contributed by atoms with Gasteiger partial charge in [0.1, 0.15) is 5.82 Å². The van der Waals surface area contributed by atoms with Crippen LogP contribution in [0.2, 0.25) is 0 Å². The molecule has 1 aliphatic heterocycles. The molecule has 1 saturated heterocycles. The van der Waals surface area contributed by atoms with Crippen molar-refractivity contribution in [1.29, 1.82) is 0 Å². The van der Waals surface area contributed by atoms with Gasteiger partial charge < -0.3 is 9.80 Å². The van der Waals surface area contributed by atoms with Gasteiger partial charge in [-0.25, -0.2) is 4.39 Å². The van der Waals surface area contributed by atoms with E-state index in [0.29, 0.717) is 18.7 Å². The second-order valence-electron chi connectivity index (χ2n) is 5.26. The molecule has 5 heteroatoms. The Balaban J connectivity index is 1.98. The first-order chi connectivity index (χ1) is 9.49. The van der Waals surface area contributed by atoms with Crippen molar-refractivity contribution in [3.05, 3.63) is 35.6 Å². The normalized spacial score (nSPS) is 15.9. The molecular formula is C15H19FN2O2. The molecule has 4 nitrogen and oxygen atoms in total. The molecule has 0 aromatic heterocycles. The van der Waals surface area contributed by atoms with Crippen LogP contribution in [0.25, 0.3) is 0 Å². The van der Waals surface area contributed by atoms with E-state index >= 15 is 0 Å². The molecule has 0 N–H and O–H groups in total. The summed E-state index contributed by atoms with van der Waals surface area (Å²) in [6.07, 6.45) is 0.00162. The highest BCUT2D eigenvalue weighted by Gasteiger charge is 2.28. The van der Waals surface area contributed by atoms with E-state index in [0.717, 1.165) is 0 Å². The number of carbonyl (C=O) groups excluding carboxylic acids is 2. The average molecular weight is 278 g/mol. The average Bonchev–Trinajstić information content (AvgIpc) is 2.40. The van der Waals surface area contributed by atoms with Crippen LogP contribution < -0.4 is 0 Å². The van der Waals surface area contributed by atoms with E-state index in [1.165, 1.54) is 11.0 Å². The number of hydrogen-bond donors (Lipinski definition) is 0. The van der Waals surface area contributed by atoms with Gasteiger partial charge in [0.25, 0.3) is 0 Å². The van der Waals surface area contributed by atoms with Gasteiger partial charge in [-0.3, -0.25) is 9.59 Å². The zero-order valence-electron chi connectivity index (χ0n) is 11.8. The third kappa shape index (κ3) is 3.15. The predicted octanol–water partition coefficient (Wildman–Crippen LogP) is 1.45. The summed E-state index contributed by atoms with van der Waals surface area (Å²) in [6, 6.07) is 6.37. The zero-order valence-corrected chi connectivity index (χ0v) is 11.8. The van der Waals surface area contributed by atoms with Crippen LogP contribution in [0.1, 0.15) is 19.4 Å². The van der Waals surface area contributed by atoms with Crippen LogP contribution in [0.4, 0.5) is 4.39 Å². The molecule has 0 radical (unpaired) electrons. The molecule has 1 heterocycles. The van der Waals surface area contributed by atoms with Gasteiger partial charge in [-0.1, -0.05) is 18.2 Å². The topological polar surface area (TPSA) is 40.6 Å². The molecule has 0 aliphatic carbocycles. The number of rotatable bonds is 3. The second-order valence-corrected chi connectivity index (χ2v) is 5.26. The Kier molecular flexibility index (Phi) is 4.37. The number of piperazine rings is 1. The van der Waals surface area contributed by atoms with Crippen LogP contribution in [0.3, 0.4) is 0 Å². The lowest BCUT2D eigenvalue weighted by molar-refractivity contribution is -0.146. The van der Waals surface area contributed by atoms with Crippen LogP contribution in [0.15, 0.2) is 24.3 Å². The van der Waals surface area contributed by atoms with Crippen molar-refractivity contribution < 1.29 is 14.0 Å². The molecule has 1 aliphatic rings. The van der Waals surface area contributed by atoms with Crippen LogP contribution in [-0.4, -0.2) is 47.3 Å². The fraction of sp³-hybridized carbons (Fsp3) is 0.467. The van der Waals surface area contributed by atoms with E-state index in [-0.39, 0.29) is 36.6 Å². The third-order valence-electron chi connectivity index (χ3n) is 3.53. The molecular weight excluding hydrogens is 259 g/mol. The van der Waals surface area contributed by atoms with Crippen molar-refractivity contribution in [3.63, 3.8) is 0 Å². The number of benzene rings is 1. The minimum Gasteiger partial charge on any atom is -0.337 e. The number of hydrogen-bond acceptors (Lipinski definition) is 2. The third-order valence-corrected chi connectivity index (χ3v) is 3.53. The lowest BCUT2D eigenvalue weighted by Crippen LogP contribution is -2.54. The summed E-state index contributed by atoms with van der Waals surface area (Å²) in [5.41, 5.74) is 0.372. The van der Waals surface area contributed by atoms with Crippen molar-refractivity contribution in [2.24, 2.45) is 0 Å². The summed E-state index contributed by atoms with van der Waals surface area (Å²) in [5.74, 6) is -0.631. The molecule has 0 spiro atoms. The first kappa shape index (κ1) is 14.5. The van der Waals surface area contributed by atoms with Gasteiger partial charge in [0.05, 0.1) is 13.0 Å². The van der Waals surface area contributed by atoms with Gasteiger partial charge >= 0.3 is 0 Å². The van der Waals surface area contributed by atoms with Gasteiger partial charge in [0, 0.05) is 19.1 Å². The molecule has 108 valence electrons. The standard InChI is InChI=1S/C15H19FN2O2/c1-11(2)18-8-7-17(10-15(18)20)14(19)9-12-5-3-4-6-13(12)16/h3-6,11H,7-10H2,1-2H3. The summed E-state index contributed by atoms with van der Waals surface area (Å²) in [6.45, 7) is 5.05. The Labute approximate surface area is 118 Å². The summed E-state index contributed by atoms with van der Waals surface area (Å²) < 4.78 is 13.5. The van der Waals surface area contributed by atoms with Gasteiger partial charge in [-0.2, -0.15) is 0 Å². The number of amides is 2. The Morgan fingerprint density at radius 3 is 2.60 bits per heavy atom. The number of halogens is 1. The maximum Gasteiger partial charge on any atom is 0.242 e. The number of carbonyl (C=O) groups is 2. The molecule has 20 heavy (non-hydrogen) atoms. The van der Waals surface area contributed by atoms with E-state index in [9.17, 15) is 14.0 Å². The lowest BCUT2D eigenvalue weighted by atomic mass is 10.1. The molecule has 2 amide bonds. The second kappa shape index (κ2) is 6.03. The van der Waals surface area contributed by atoms with E-state index < -0.39 is 0 Å². The zero-order chi connectivity index (χ0) is 14.7. The summed E-state index contributed by atoms with van der Waals surface area (Å²) in [7, 11) is 0. The van der Waals surface area contributed by atoms with Gasteiger partial charge in [-0.15, -0.1) is 0 Å². The summed E-state index contributed by atoms with van der Waals surface area (Å²) in [5, 5.41) is 0. The van der Waals surface area contributed by atoms with Crippen LogP contribution in [0, 0.1) is 5.82 Å². The maximum absolute atomic E-state index is 13.5. The first-order valence-electron chi connectivity index (χ1n) is 6.79. The van der Waals surface area contributed by atoms with Crippen molar-refractivity contribution in [2.45, 2.75) is 26.3 Å². The highest BCUT2D eigenvalue weighted by molar-refractivity contribution is 5.87. The molecule has 0 atom stereocenters. The first-order valence-corrected chi connectivity index (χ1v) is 6.79. The maximum atomic E-state index is 13.5. The Bertz CT molecular complexity index is 516. The SMILES string of the molecule is CC(C)N1CCN(C(=O)Cc2ccccc2F)CC1=O. The van der Waals surface area contributed by atoms with E-state index in [1.54, 1.807) is 23.1 Å². The van der Waals surface area contributed by atoms with Crippen LogP contribution >= 0.6 is 0 Å². The van der Waals surface area contributed by atoms with Crippen molar-refractivity contribution in [3.8, 4) is 0 Å². The van der Waals surface area contributed by atoms with E-state index in [4.69, 9.17) is 0 Å². The monoisotopic (exact) mass is 278 g/mol. The molecule has 0 bridgehead atoms.